The van der Waals surface area contributed by atoms with E-state index in [4.69, 9.17) is 4.74 Å². The lowest BCUT2D eigenvalue weighted by atomic mass is 10.1. The third-order valence-electron chi connectivity index (χ3n) is 4.11. The lowest BCUT2D eigenvalue weighted by Crippen LogP contribution is -2.41. The van der Waals surface area contributed by atoms with Crippen LogP contribution in [0.4, 0.5) is 10.5 Å². The molecule has 1 heterocycles. The molecule has 1 aliphatic rings. The SMILES string of the molecule is CNC(=O)NC(=O)[C@H](OC(=O)C[C@@H]1Sc2ccccc2NC1=O)c1ccccc1. The topological polar surface area (TPSA) is 114 Å². The van der Waals surface area contributed by atoms with Crippen LogP contribution in [-0.4, -0.2) is 36.1 Å². The lowest BCUT2D eigenvalue weighted by Gasteiger charge is -2.24. The zero-order valence-corrected chi connectivity index (χ0v) is 16.3. The number of hydrogen-bond donors (Lipinski definition) is 3. The molecule has 9 heteroatoms. The molecule has 0 aliphatic carbocycles. The number of carbonyl (C=O) groups excluding carboxylic acids is 4. The van der Waals surface area contributed by atoms with Gasteiger partial charge in [0.1, 0.15) is 0 Å². The Balaban J connectivity index is 1.71. The number of anilines is 1. The summed E-state index contributed by atoms with van der Waals surface area (Å²) in [6, 6.07) is 14.9. The minimum absolute atomic E-state index is 0.221. The highest BCUT2D eigenvalue weighted by molar-refractivity contribution is 8.01. The predicted molar refractivity (Wildman–Crippen MR) is 107 cm³/mol. The van der Waals surface area contributed by atoms with Crippen LogP contribution in [0.2, 0.25) is 0 Å². The molecule has 3 rings (SSSR count). The van der Waals surface area contributed by atoms with Gasteiger partial charge in [-0.2, -0.15) is 0 Å². The summed E-state index contributed by atoms with van der Waals surface area (Å²) in [7, 11) is 1.36. The Bertz CT molecular complexity index is 935. The second kappa shape index (κ2) is 9.24. The van der Waals surface area contributed by atoms with Crippen LogP contribution in [0.5, 0.6) is 0 Å². The van der Waals surface area contributed by atoms with E-state index in [1.807, 2.05) is 18.2 Å². The first-order valence-corrected chi connectivity index (χ1v) is 9.69. The van der Waals surface area contributed by atoms with Gasteiger partial charge >= 0.3 is 12.0 Å². The van der Waals surface area contributed by atoms with Gasteiger partial charge in [0, 0.05) is 17.5 Å². The highest BCUT2D eigenvalue weighted by Gasteiger charge is 2.32. The zero-order valence-electron chi connectivity index (χ0n) is 15.5. The van der Waals surface area contributed by atoms with Gasteiger partial charge in [-0.15, -0.1) is 11.8 Å². The van der Waals surface area contributed by atoms with Gasteiger partial charge < -0.3 is 15.4 Å². The quantitative estimate of drug-likeness (QED) is 0.648. The maximum atomic E-state index is 12.5. The molecule has 2 atom stereocenters. The number of esters is 1. The molecular formula is C20H19N3O5S. The van der Waals surface area contributed by atoms with Crippen molar-refractivity contribution in [2.24, 2.45) is 0 Å². The second-order valence-electron chi connectivity index (χ2n) is 6.14. The monoisotopic (exact) mass is 413 g/mol. The molecule has 2 aromatic rings. The normalized spacial score (nSPS) is 16.0. The van der Waals surface area contributed by atoms with E-state index >= 15 is 0 Å². The van der Waals surface area contributed by atoms with Crippen molar-refractivity contribution in [3.05, 3.63) is 60.2 Å². The molecule has 2 aromatic carbocycles. The van der Waals surface area contributed by atoms with Gasteiger partial charge in [-0.3, -0.25) is 19.7 Å². The first kappa shape index (κ1) is 20.4. The van der Waals surface area contributed by atoms with Crippen LogP contribution >= 0.6 is 11.8 Å². The molecular weight excluding hydrogens is 394 g/mol. The summed E-state index contributed by atoms with van der Waals surface area (Å²) in [4.78, 5) is 49.6. The van der Waals surface area contributed by atoms with E-state index in [9.17, 15) is 19.2 Å². The van der Waals surface area contributed by atoms with Gasteiger partial charge in [0.2, 0.25) is 12.0 Å². The Kier molecular flexibility index (Phi) is 6.50. The van der Waals surface area contributed by atoms with Gasteiger partial charge in [-0.1, -0.05) is 42.5 Å². The summed E-state index contributed by atoms with van der Waals surface area (Å²) in [6.07, 6.45) is -1.54. The van der Waals surface area contributed by atoms with Gasteiger partial charge in [0.25, 0.3) is 5.91 Å². The van der Waals surface area contributed by atoms with Crippen LogP contribution in [0, 0.1) is 0 Å². The largest absolute Gasteiger partial charge is 0.447 e. The summed E-state index contributed by atoms with van der Waals surface area (Å²) < 4.78 is 5.36. The first-order chi connectivity index (χ1) is 14.0. The summed E-state index contributed by atoms with van der Waals surface area (Å²) in [6.45, 7) is 0. The molecule has 29 heavy (non-hydrogen) atoms. The van der Waals surface area contributed by atoms with Crippen molar-refractivity contribution in [1.29, 1.82) is 0 Å². The molecule has 0 unspecified atom stereocenters. The van der Waals surface area contributed by atoms with Gasteiger partial charge in [-0.05, 0) is 12.1 Å². The molecule has 0 bridgehead atoms. The third-order valence-corrected chi connectivity index (χ3v) is 5.39. The average Bonchev–Trinajstić information content (AvgIpc) is 2.73. The van der Waals surface area contributed by atoms with E-state index in [-0.39, 0.29) is 12.3 Å². The predicted octanol–water partition coefficient (Wildman–Crippen LogP) is 2.23. The molecule has 150 valence electrons. The van der Waals surface area contributed by atoms with Crippen LogP contribution in [-0.2, 0) is 19.1 Å². The molecule has 0 aromatic heterocycles. The van der Waals surface area contributed by atoms with E-state index in [0.717, 1.165) is 4.90 Å². The second-order valence-corrected chi connectivity index (χ2v) is 7.39. The van der Waals surface area contributed by atoms with E-state index in [1.54, 1.807) is 36.4 Å². The Morgan fingerprint density at radius 1 is 1.10 bits per heavy atom. The maximum Gasteiger partial charge on any atom is 0.321 e. The summed E-state index contributed by atoms with van der Waals surface area (Å²) in [5.74, 6) is -1.82. The number of nitrogens with one attached hydrogen (secondary N) is 3. The van der Waals surface area contributed by atoms with Crippen LogP contribution in [0.15, 0.2) is 59.5 Å². The number of para-hydroxylation sites is 1. The molecule has 8 nitrogen and oxygen atoms in total. The molecule has 0 spiro atoms. The fourth-order valence-electron chi connectivity index (χ4n) is 2.70. The summed E-state index contributed by atoms with van der Waals surface area (Å²) in [5, 5.41) is 6.45. The number of fused-ring (bicyclic) bond motifs is 1. The average molecular weight is 413 g/mol. The molecule has 1 aliphatic heterocycles. The van der Waals surface area contributed by atoms with Crippen molar-refractivity contribution in [1.82, 2.24) is 10.6 Å². The van der Waals surface area contributed by atoms with Crippen LogP contribution in [0.1, 0.15) is 18.1 Å². The lowest BCUT2D eigenvalue weighted by molar-refractivity contribution is -0.156. The number of ether oxygens (including phenoxy) is 1. The Labute approximate surface area is 171 Å². The van der Waals surface area contributed by atoms with Crippen molar-refractivity contribution in [3.63, 3.8) is 0 Å². The van der Waals surface area contributed by atoms with Crippen LogP contribution in [0.25, 0.3) is 0 Å². The minimum Gasteiger partial charge on any atom is -0.447 e. The standard InChI is InChI=1S/C20H19N3O5S/c1-21-20(27)23-19(26)17(12-7-3-2-4-8-12)28-16(24)11-15-18(25)22-13-9-5-6-10-14(13)29-15/h2-10,15,17H,11H2,1H3,(H,22,25)(H2,21,23,26,27)/t15-,17+/m0/s1. The van der Waals surface area contributed by atoms with E-state index < -0.39 is 29.3 Å². The number of urea groups is 1. The summed E-state index contributed by atoms with van der Waals surface area (Å²) >= 11 is 1.26. The number of imide groups is 1. The zero-order chi connectivity index (χ0) is 20.8. The minimum atomic E-state index is -1.31. The molecule has 4 amide bonds. The fraction of sp³-hybridized carbons (Fsp3) is 0.200. The molecule has 0 fully saturated rings. The smallest absolute Gasteiger partial charge is 0.321 e. The Morgan fingerprint density at radius 2 is 1.79 bits per heavy atom. The van der Waals surface area contributed by atoms with Crippen LogP contribution in [0.3, 0.4) is 0 Å². The van der Waals surface area contributed by atoms with Crippen LogP contribution < -0.4 is 16.0 Å². The van der Waals surface area contributed by atoms with Crippen molar-refractivity contribution >= 4 is 41.3 Å². The summed E-state index contributed by atoms with van der Waals surface area (Å²) in [5.41, 5.74) is 1.10. The molecule has 0 saturated carbocycles. The maximum absolute atomic E-state index is 12.5. The highest BCUT2D eigenvalue weighted by Crippen LogP contribution is 2.37. The van der Waals surface area contributed by atoms with E-state index in [1.165, 1.54) is 18.8 Å². The molecule has 0 radical (unpaired) electrons. The highest BCUT2D eigenvalue weighted by atomic mass is 32.2. The first-order valence-electron chi connectivity index (χ1n) is 8.81. The fourth-order valence-corrected chi connectivity index (χ4v) is 3.79. The Morgan fingerprint density at radius 3 is 2.52 bits per heavy atom. The van der Waals surface area contributed by atoms with Gasteiger partial charge in [0.15, 0.2) is 0 Å². The van der Waals surface area contributed by atoms with Crippen molar-refractivity contribution < 1.29 is 23.9 Å². The molecule has 3 N–H and O–H groups in total. The number of benzene rings is 2. The van der Waals surface area contributed by atoms with Gasteiger partial charge in [0.05, 0.1) is 17.4 Å². The number of amides is 4. The Hall–Kier alpha value is -3.33. The number of carbonyl (C=O) groups is 4. The number of rotatable bonds is 5. The van der Waals surface area contributed by atoms with Crippen molar-refractivity contribution in [3.8, 4) is 0 Å². The number of hydrogen-bond acceptors (Lipinski definition) is 6. The van der Waals surface area contributed by atoms with Crippen molar-refractivity contribution in [2.45, 2.75) is 22.7 Å². The number of thioether (sulfide) groups is 1. The van der Waals surface area contributed by atoms with Gasteiger partial charge in [-0.25, -0.2) is 4.79 Å². The third kappa shape index (κ3) is 5.14. The molecule has 0 saturated heterocycles. The van der Waals surface area contributed by atoms with E-state index in [2.05, 4.69) is 16.0 Å². The van der Waals surface area contributed by atoms with E-state index in [0.29, 0.717) is 11.3 Å². The van der Waals surface area contributed by atoms with Crippen molar-refractivity contribution in [2.75, 3.05) is 12.4 Å².